The van der Waals surface area contributed by atoms with Crippen LogP contribution < -0.4 is 0 Å². The Morgan fingerprint density at radius 1 is 0.639 bits per heavy atom. The summed E-state index contributed by atoms with van der Waals surface area (Å²) in [6.07, 6.45) is -3.82. The molecule has 0 aromatic rings. The first kappa shape index (κ1) is 33.5. The normalized spacial score (nSPS) is 36.8. The number of rotatable bonds is 14. The van der Waals surface area contributed by atoms with Crippen molar-refractivity contribution in [2.45, 2.75) is 114 Å². The van der Waals surface area contributed by atoms with E-state index in [1.54, 1.807) is 0 Å². The van der Waals surface area contributed by atoms with Crippen molar-refractivity contribution >= 4 is 0 Å². The van der Waals surface area contributed by atoms with E-state index < -0.39 is 61.4 Å². The summed E-state index contributed by atoms with van der Waals surface area (Å²) >= 11 is 0. The van der Waals surface area contributed by atoms with Crippen LogP contribution in [-0.2, 0) is 28.4 Å². The molecule has 0 bridgehead atoms. The molecule has 0 spiro atoms. The molecule has 2 aliphatic heterocycles. The van der Waals surface area contributed by atoms with Crippen molar-refractivity contribution < 1.29 is 59.1 Å². The van der Waals surface area contributed by atoms with Crippen molar-refractivity contribution in [3.8, 4) is 0 Å². The molecule has 0 amide bonds. The molecule has 0 aromatic heterocycles. The molecule has 216 valence electrons. The predicted octanol–water partition coefficient (Wildman–Crippen LogP) is -0.706. The average Bonchev–Trinajstić information content (AvgIpc) is 2.89. The maximum Gasteiger partial charge on any atom is 0.186 e. The SMILES string of the molecule is CCCCCOCC1O[C@H](OC)C(O)[C@@H](O)[C@@H]1O.CCCCCO[C@@H]1C(CO)O[C@H](OC)C(O)[C@H]1O. The highest BCUT2D eigenvalue weighted by Crippen LogP contribution is 2.24. The maximum absolute atomic E-state index is 9.95. The number of aliphatic hydroxyl groups is 6. The molecule has 10 atom stereocenters. The lowest BCUT2D eigenvalue weighted by Crippen LogP contribution is -2.59. The van der Waals surface area contributed by atoms with E-state index in [2.05, 4.69) is 13.8 Å². The second-order valence-corrected chi connectivity index (χ2v) is 9.02. The van der Waals surface area contributed by atoms with Gasteiger partial charge in [0.25, 0.3) is 0 Å². The predicted molar refractivity (Wildman–Crippen MR) is 128 cm³/mol. The second-order valence-electron chi connectivity index (χ2n) is 9.02. The van der Waals surface area contributed by atoms with Gasteiger partial charge >= 0.3 is 0 Å². The first-order valence-corrected chi connectivity index (χ1v) is 12.8. The molecule has 2 saturated heterocycles. The Morgan fingerprint density at radius 3 is 1.69 bits per heavy atom. The Balaban J connectivity index is 0.000000360. The second kappa shape index (κ2) is 18.7. The molecule has 2 rings (SSSR count). The monoisotopic (exact) mass is 528 g/mol. The van der Waals surface area contributed by atoms with Gasteiger partial charge in [-0.3, -0.25) is 0 Å². The van der Waals surface area contributed by atoms with Crippen molar-refractivity contribution in [1.29, 1.82) is 0 Å². The van der Waals surface area contributed by atoms with Gasteiger partial charge in [-0.2, -0.15) is 0 Å². The van der Waals surface area contributed by atoms with Gasteiger partial charge in [-0.1, -0.05) is 39.5 Å². The molecule has 12 heteroatoms. The molecule has 2 aliphatic rings. The van der Waals surface area contributed by atoms with Gasteiger partial charge in [0.2, 0.25) is 0 Å². The summed E-state index contributed by atoms with van der Waals surface area (Å²) in [5.41, 5.74) is 0. The maximum atomic E-state index is 9.95. The lowest BCUT2D eigenvalue weighted by atomic mass is 9.99. The molecule has 12 nitrogen and oxygen atoms in total. The smallest absolute Gasteiger partial charge is 0.186 e. The number of unbranched alkanes of at least 4 members (excludes halogenated alkanes) is 4. The standard InChI is InChI=1S/2C12H24O6/c1-3-4-5-6-17-11-8(7-13)18-12(16-2)10(15)9(11)14;1-3-4-5-6-17-7-8-9(13)10(14)11(15)12(16-2)18-8/h2*8-15H,3-7H2,1-2H3/t8?,9-,10?,11-,12+;8?,9-,10+,11?,12+/m11/s1. The lowest BCUT2D eigenvalue weighted by molar-refractivity contribution is -0.301. The van der Waals surface area contributed by atoms with Crippen LogP contribution >= 0.6 is 0 Å². The molecule has 2 fully saturated rings. The van der Waals surface area contributed by atoms with Crippen LogP contribution in [0.1, 0.15) is 52.4 Å². The van der Waals surface area contributed by atoms with E-state index in [1.807, 2.05) is 0 Å². The quantitative estimate of drug-likeness (QED) is 0.156. The van der Waals surface area contributed by atoms with Crippen LogP contribution in [0.5, 0.6) is 0 Å². The molecular formula is C24H48O12. The van der Waals surface area contributed by atoms with Gasteiger partial charge in [0.1, 0.15) is 48.8 Å². The third-order valence-electron chi connectivity index (χ3n) is 6.19. The lowest BCUT2D eigenvalue weighted by Gasteiger charge is -2.41. The fourth-order valence-electron chi connectivity index (χ4n) is 3.93. The van der Waals surface area contributed by atoms with Gasteiger partial charge in [-0.15, -0.1) is 0 Å². The molecule has 4 unspecified atom stereocenters. The largest absolute Gasteiger partial charge is 0.394 e. The summed E-state index contributed by atoms with van der Waals surface area (Å²) < 4.78 is 31.4. The van der Waals surface area contributed by atoms with E-state index in [-0.39, 0.29) is 13.2 Å². The van der Waals surface area contributed by atoms with Crippen LogP contribution in [0.15, 0.2) is 0 Å². The fourth-order valence-corrected chi connectivity index (χ4v) is 3.93. The molecule has 0 radical (unpaired) electrons. The van der Waals surface area contributed by atoms with Crippen LogP contribution in [0.3, 0.4) is 0 Å². The van der Waals surface area contributed by atoms with Gasteiger partial charge < -0.3 is 59.1 Å². The molecule has 2 heterocycles. The van der Waals surface area contributed by atoms with E-state index in [1.165, 1.54) is 14.2 Å². The first-order chi connectivity index (χ1) is 17.3. The van der Waals surface area contributed by atoms with E-state index in [4.69, 9.17) is 28.4 Å². The Morgan fingerprint density at radius 2 is 1.17 bits per heavy atom. The number of hydrogen-bond donors (Lipinski definition) is 6. The van der Waals surface area contributed by atoms with Crippen molar-refractivity contribution in [3.05, 3.63) is 0 Å². The van der Waals surface area contributed by atoms with Crippen molar-refractivity contribution in [2.24, 2.45) is 0 Å². The molecular weight excluding hydrogens is 480 g/mol. The van der Waals surface area contributed by atoms with Crippen LogP contribution in [-0.4, -0.2) is 133 Å². The molecule has 0 saturated carbocycles. The highest BCUT2D eigenvalue weighted by molar-refractivity contribution is 4.90. The third-order valence-corrected chi connectivity index (χ3v) is 6.19. The van der Waals surface area contributed by atoms with E-state index >= 15 is 0 Å². The first-order valence-electron chi connectivity index (χ1n) is 12.8. The van der Waals surface area contributed by atoms with Crippen molar-refractivity contribution in [1.82, 2.24) is 0 Å². The van der Waals surface area contributed by atoms with Crippen LogP contribution in [0.25, 0.3) is 0 Å². The number of methoxy groups -OCH3 is 2. The Bertz CT molecular complexity index is 525. The van der Waals surface area contributed by atoms with Crippen LogP contribution in [0, 0.1) is 0 Å². The summed E-state index contributed by atoms with van der Waals surface area (Å²) in [6, 6.07) is 0. The zero-order valence-corrected chi connectivity index (χ0v) is 22.0. The topological polar surface area (TPSA) is 177 Å². The van der Waals surface area contributed by atoms with E-state index in [0.717, 1.165) is 38.5 Å². The zero-order chi connectivity index (χ0) is 27.1. The number of ether oxygens (including phenoxy) is 6. The minimum atomic E-state index is -1.28. The number of aliphatic hydroxyl groups excluding tert-OH is 6. The van der Waals surface area contributed by atoms with Crippen molar-refractivity contribution in [2.75, 3.05) is 40.6 Å². The van der Waals surface area contributed by atoms with Crippen molar-refractivity contribution in [3.63, 3.8) is 0 Å². The minimum Gasteiger partial charge on any atom is -0.394 e. The Hall–Kier alpha value is -0.480. The fraction of sp³-hybridized carbons (Fsp3) is 1.00. The Kier molecular flexibility index (Phi) is 17.4. The summed E-state index contributed by atoms with van der Waals surface area (Å²) in [5.74, 6) is 0. The van der Waals surface area contributed by atoms with Gasteiger partial charge in [-0.05, 0) is 12.8 Å². The summed E-state index contributed by atoms with van der Waals surface area (Å²) in [6.45, 7) is 5.14. The van der Waals surface area contributed by atoms with Gasteiger partial charge in [0.15, 0.2) is 12.6 Å². The van der Waals surface area contributed by atoms with E-state index in [0.29, 0.717) is 13.2 Å². The molecule has 6 N–H and O–H groups in total. The van der Waals surface area contributed by atoms with E-state index in [9.17, 15) is 30.6 Å². The molecule has 0 aromatic carbocycles. The zero-order valence-electron chi connectivity index (χ0n) is 22.0. The van der Waals surface area contributed by atoms with Gasteiger partial charge in [0.05, 0.1) is 13.2 Å². The summed E-state index contributed by atoms with van der Waals surface area (Å²) in [7, 11) is 2.74. The van der Waals surface area contributed by atoms with Gasteiger partial charge in [-0.25, -0.2) is 0 Å². The third kappa shape index (κ3) is 10.4. The molecule has 36 heavy (non-hydrogen) atoms. The van der Waals surface area contributed by atoms with Crippen LogP contribution in [0.4, 0.5) is 0 Å². The van der Waals surface area contributed by atoms with Gasteiger partial charge in [0, 0.05) is 27.4 Å². The highest BCUT2D eigenvalue weighted by atomic mass is 16.7. The van der Waals surface area contributed by atoms with Crippen LogP contribution in [0.2, 0.25) is 0 Å². The Labute approximate surface area is 214 Å². The summed E-state index contributed by atoms with van der Waals surface area (Å²) in [4.78, 5) is 0. The molecule has 0 aliphatic carbocycles. The number of hydrogen-bond acceptors (Lipinski definition) is 12. The minimum absolute atomic E-state index is 0.175. The highest BCUT2D eigenvalue weighted by Gasteiger charge is 2.45. The summed E-state index contributed by atoms with van der Waals surface area (Å²) in [5, 5.41) is 57.9. The average molecular weight is 529 g/mol.